The number of nitrogens with one attached hydrogen (secondary N) is 1. The lowest BCUT2D eigenvalue weighted by Crippen LogP contribution is -2.38. The first-order valence-electron chi connectivity index (χ1n) is 9.97. The van der Waals surface area contributed by atoms with Gasteiger partial charge >= 0.3 is 0 Å². The first-order valence-corrected chi connectivity index (χ1v) is 10.3. The number of anilines is 1. The molecule has 2 fully saturated rings. The number of aromatic nitrogens is 2. The summed E-state index contributed by atoms with van der Waals surface area (Å²) in [5.41, 5.74) is 1.68. The van der Waals surface area contributed by atoms with Crippen LogP contribution in [0.5, 0.6) is 0 Å². The van der Waals surface area contributed by atoms with E-state index in [9.17, 15) is 9.18 Å². The maximum absolute atomic E-state index is 13.2. The Balaban J connectivity index is 1.33. The van der Waals surface area contributed by atoms with Gasteiger partial charge in [-0.2, -0.15) is 0 Å². The summed E-state index contributed by atoms with van der Waals surface area (Å²) in [4.78, 5) is 23.7. The highest BCUT2D eigenvalue weighted by atomic mass is 35.5. The molecule has 1 atom stereocenters. The average Bonchev–Trinajstić information content (AvgIpc) is 3.19. The molecule has 1 aromatic carbocycles. The van der Waals surface area contributed by atoms with Crippen LogP contribution in [-0.4, -0.2) is 48.2 Å². The summed E-state index contributed by atoms with van der Waals surface area (Å²) in [5.74, 6) is 0.604. The second kappa shape index (κ2) is 9.05. The van der Waals surface area contributed by atoms with Crippen LogP contribution in [0.2, 0.25) is 5.02 Å². The van der Waals surface area contributed by atoms with Crippen LogP contribution in [0.4, 0.5) is 10.3 Å². The topological polar surface area (TPSA) is 67.4 Å². The van der Waals surface area contributed by atoms with Gasteiger partial charge in [-0.05, 0) is 43.0 Å². The van der Waals surface area contributed by atoms with Gasteiger partial charge in [0, 0.05) is 55.2 Å². The van der Waals surface area contributed by atoms with Crippen molar-refractivity contribution in [3.05, 3.63) is 52.6 Å². The minimum absolute atomic E-state index is 0.0251. The van der Waals surface area contributed by atoms with Crippen LogP contribution >= 0.6 is 11.6 Å². The third kappa shape index (κ3) is 5.03. The van der Waals surface area contributed by atoms with Gasteiger partial charge in [0.25, 0.3) is 0 Å². The molecule has 29 heavy (non-hydrogen) atoms. The fourth-order valence-electron chi connectivity index (χ4n) is 3.91. The largest absolute Gasteiger partial charge is 0.381 e. The van der Waals surface area contributed by atoms with Gasteiger partial charge in [0.15, 0.2) is 0 Å². The molecule has 0 saturated carbocycles. The molecule has 2 aromatic rings. The second-order valence-electron chi connectivity index (χ2n) is 7.58. The summed E-state index contributed by atoms with van der Waals surface area (Å²) in [6, 6.07) is 6.10. The van der Waals surface area contributed by atoms with Crippen LogP contribution in [0.3, 0.4) is 0 Å². The Morgan fingerprint density at radius 3 is 2.90 bits per heavy atom. The molecular formula is C21H24ClFN4O2. The molecule has 3 heterocycles. The first kappa shape index (κ1) is 20.0. The van der Waals surface area contributed by atoms with E-state index in [0.29, 0.717) is 24.0 Å². The smallest absolute Gasteiger partial charge is 0.225 e. The van der Waals surface area contributed by atoms with Crippen molar-refractivity contribution in [3.8, 4) is 0 Å². The fraction of sp³-hybridized carbons (Fsp3) is 0.476. The third-order valence-corrected chi connectivity index (χ3v) is 5.86. The van der Waals surface area contributed by atoms with Crippen LogP contribution in [0, 0.1) is 5.82 Å². The molecule has 0 radical (unpaired) electrons. The molecule has 0 spiro atoms. The summed E-state index contributed by atoms with van der Waals surface area (Å²) in [5, 5.41) is 3.31. The highest BCUT2D eigenvalue weighted by molar-refractivity contribution is 6.31. The van der Waals surface area contributed by atoms with Crippen molar-refractivity contribution in [2.45, 2.75) is 37.6 Å². The SMILES string of the molecule is O=C(Cc1ccc(F)cc1Cl)NC1CCN(c2nccc(C3CCOCC3)n2)C1. The highest BCUT2D eigenvalue weighted by Gasteiger charge is 2.27. The maximum atomic E-state index is 13.2. The summed E-state index contributed by atoms with van der Waals surface area (Å²) in [6.07, 6.45) is 4.75. The van der Waals surface area contributed by atoms with Crippen molar-refractivity contribution in [3.63, 3.8) is 0 Å². The molecule has 1 unspecified atom stereocenters. The predicted octanol–water partition coefficient (Wildman–Crippen LogP) is 3.10. The number of hydrogen-bond acceptors (Lipinski definition) is 5. The van der Waals surface area contributed by atoms with Crippen LogP contribution in [0.25, 0.3) is 0 Å². The Hall–Kier alpha value is -2.25. The van der Waals surface area contributed by atoms with Crippen molar-refractivity contribution in [2.24, 2.45) is 0 Å². The number of benzene rings is 1. The summed E-state index contributed by atoms with van der Waals surface area (Å²) >= 11 is 6.02. The minimum Gasteiger partial charge on any atom is -0.381 e. The van der Waals surface area contributed by atoms with E-state index in [0.717, 1.165) is 44.7 Å². The van der Waals surface area contributed by atoms with E-state index < -0.39 is 5.82 Å². The van der Waals surface area contributed by atoms with E-state index in [2.05, 4.69) is 15.2 Å². The minimum atomic E-state index is -0.409. The van der Waals surface area contributed by atoms with Crippen molar-refractivity contribution in [2.75, 3.05) is 31.2 Å². The molecule has 0 aliphatic carbocycles. The number of carbonyl (C=O) groups is 1. The Bertz CT molecular complexity index is 876. The lowest BCUT2D eigenvalue weighted by molar-refractivity contribution is -0.121. The van der Waals surface area contributed by atoms with Gasteiger partial charge in [0.05, 0.1) is 6.42 Å². The monoisotopic (exact) mass is 418 g/mol. The molecule has 1 amide bonds. The van der Waals surface area contributed by atoms with Gasteiger partial charge < -0.3 is 15.0 Å². The van der Waals surface area contributed by atoms with E-state index in [-0.39, 0.29) is 23.4 Å². The molecule has 4 rings (SSSR count). The van der Waals surface area contributed by atoms with Crippen LogP contribution in [0.1, 0.15) is 36.4 Å². The molecule has 6 nitrogen and oxygen atoms in total. The summed E-state index contributed by atoms with van der Waals surface area (Å²) in [6.45, 7) is 3.01. The molecule has 154 valence electrons. The zero-order chi connectivity index (χ0) is 20.2. The van der Waals surface area contributed by atoms with Crippen LogP contribution < -0.4 is 10.2 Å². The zero-order valence-corrected chi connectivity index (χ0v) is 16.9. The van der Waals surface area contributed by atoms with Crippen molar-refractivity contribution >= 4 is 23.5 Å². The summed E-state index contributed by atoms with van der Waals surface area (Å²) < 4.78 is 18.6. The molecule has 8 heteroatoms. The van der Waals surface area contributed by atoms with Gasteiger partial charge in [-0.3, -0.25) is 4.79 Å². The van der Waals surface area contributed by atoms with Crippen LogP contribution in [-0.2, 0) is 16.0 Å². The van der Waals surface area contributed by atoms with Crippen molar-refractivity contribution < 1.29 is 13.9 Å². The van der Waals surface area contributed by atoms with Crippen molar-refractivity contribution in [1.29, 1.82) is 0 Å². The number of amides is 1. The lowest BCUT2D eigenvalue weighted by Gasteiger charge is -2.23. The van der Waals surface area contributed by atoms with E-state index in [1.807, 2.05) is 12.3 Å². The number of hydrogen-bond donors (Lipinski definition) is 1. The Morgan fingerprint density at radius 1 is 1.28 bits per heavy atom. The van der Waals surface area contributed by atoms with Gasteiger partial charge in [0.1, 0.15) is 5.82 Å². The van der Waals surface area contributed by atoms with Gasteiger partial charge in [-0.1, -0.05) is 17.7 Å². The number of ether oxygens (including phenoxy) is 1. The maximum Gasteiger partial charge on any atom is 0.225 e. The molecule has 1 N–H and O–H groups in total. The highest BCUT2D eigenvalue weighted by Crippen LogP contribution is 2.27. The molecular weight excluding hydrogens is 395 g/mol. The summed E-state index contributed by atoms with van der Waals surface area (Å²) in [7, 11) is 0. The van der Waals surface area contributed by atoms with E-state index in [4.69, 9.17) is 21.3 Å². The Kier molecular flexibility index (Phi) is 6.25. The number of carbonyl (C=O) groups excluding carboxylic acids is 1. The standard InChI is InChI=1S/C21H24ClFN4O2/c22-18-12-16(23)2-1-15(18)11-20(28)25-17-4-8-27(13-17)21-24-7-3-19(26-21)14-5-9-29-10-6-14/h1-3,7,12,14,17H,4-6,8-11,13H2,(H,25,28). The Labute approximate surface area is 174 Å². The average molecular weight is 419 g/mol. The quantitative estimate of drug-likeness (QED) is 0.808. The predicted molar refractivity (Wildman–Crippen MR) is 109 cm³/mol. The molecule has 0 bridgehead atoms. The van der Waals surface area contributed by atoms with Crippen molar-refractivity contribution in [1.82, 2.24) is 15.3 Å². The normalized spacial score (nSPS) is 20.1. The second-order valence-corrected chi connectivity index (χ2v) is 7.99. The Morgan fingerprint density at radius 2 is 2.10 bits per heavy atom. The molecule has 1 aromatic heterocycles. The molecule has 2 aliphatic rings. The van der Waals surface area contributed by atoms with Crippen LogP contribution in [0.15, 0.2) is 30.5 Å². The van der Waals surface area contributed by atoms with E-state index in [1.54, 1.807) is 6.07 Å². The molecule has 2 aliphatic heterocycles. The lowest BCUT2D eigenvalue weighted by atomic mass is 9.96. The first-order chi connectivity index (χ1) is 14.1. The molecule has 2 saturated heterocycles. The van der Waals surface area contributed by atoms with E-state index in [1.165, 1.54) is 12.1 Å². The number of halogens is 2. The fourth-order valence-corrected chi connectivity index (χ4v) is 4.15. The number of nitrogens with zero attached hydrogens (tertiary/aromatic N) is 3. The van der Waals surface area contributed by atoms with Gasteiger partial charge in [-0.25, -0.2) is 14.4 Å². The van der Waals surface area contributed by atoms with Gasteiger partial charge in [0.2, 0.25) is 11.9 Å². The zero-order valence-electron chi connectivity index (χ0n) is 16.1. The third-order valence-electron chi connectivity index (χ3n) is 5.51. The van der Waals surface area contributed by atoms with E-state index >= 15 is 0 Å². The van der Waals surface area contributed by atoms with Gasteiger partial charge in [-0.15, -0.1) is 0 Å². The number of rotatable bonds is 5.